The van der Waals surface area contributed by atoms with Crippen LogP contribution in [0.4, 0.5) is 0 Å². The molecule has 0 amide bonds. The van der Waals surface area contributed by atoms with Crippen molar-refractivity contribution in [1.29, 1.82) is 0 Å². The van der Waals surface area contributed by atoms with Gasteiger partial charge in [0.15, 0.2) is 0 Å². The minimum atomic E-state index is -0.478. The lowest BCUT2D eigenvalue weighted by atomic mass is 10.1. The molecule has 1 unspecified atom stereocenters. The molecule has 1 aromatic rings. The molecule has 0 saturated heterocycles. The molecule has 0 aromatic heterocycles. The number of aliphatic hydroxyl groups excluding tert-OH is 1. The van der Waals surface area contributed by atoms with Crippen molar-refractivity contribution in [2.45, 2.75) is 39.5 Å². The summed E-state index contributed by atoms with van der Waals surface area (Å²) in [4.78, 5) is 2.21. The molecule has 0 aliphatic heterocycles. The molecule has 4 nitrogen and oxygen atoms in total. The first-order chi connectivity index (χ1) is 10.0. The Bertz CT molecular complexity index is 395. The van der Waals surface area contributed by atoms with Gasteiger partial charge in [0, 0.05) is 26.7 Å². The highest BCUT2D eigenvalue weighted by Gasteiger charge is 2.14. The molecule has 0 radical (unpaired) electrons. The maximum atomic E-state index is 10.1. The molecule has 1 rings (SSSR count). The molecule has 21 heavy (non-hydrogen) atoms. The molecular formula is C17H29NO3. The summed E-state index contributed by atoms with van der Waals surface area (Å²) in [5.74, 6) is 0. The summed E-state index contributed by atoms with van der Waals surface area (Å²) in [6.07, 6.45) is -0.336. The predicted octanol–water partition coefficient (Wildman–Crippen LogP) is 2.23. The Balaban J connectivity index is 2.56. The van der Waals surface area contributed by atoms with Gasteiger partial charge in [-0.1, -0.05) is 24.3 Å². The van der Waals surface area contributed by atoms with Crippen molar-refractivity contribution in [1.82, 2.24) is 4.90 Å². The van der Waals surface area contributed by atoms with Crippen LogP contribution in [-0.2, 0) is 16.0 Å². The van der Waals surface area contributed by atoms with Crippen LogP contribution in [0.15, 0.2) is 24.3 Å². The fraction of sp³-hybridized carbons (Fsp3) is 0.647. The van der Waals surface area contributed by atoms with Crippen LogP contribution in [0.1, 0.15) is 25.0 Å². The molecule has 4 heteroatoms. The van der Waals surface area contributed by atoms with E-state index in [1.54, 1.807) is 7.11 Å². The minimum Gasteiger partial charge on any atom is -0.389 e. The number of rotatable bonds is 10. The van der Waals surface area contributed by atoms with E-state index in [1.165, 1.54) is 11.1 Å². The van der Waals surface area contributed by atoms with E-state index >= 15 is 0 Å². The fourth-order valence-electron chi connectivity index (χ4n) is 2.14. The number of aliphatic hydroxyl groups is 1. The third kappa shape index (κ3) is 7.58. The lowest BCUT2D eigenvalue weighted by Gasteiger charge is -2.26. The van der Waals surface area contributed by atoms with Gasteiger partial charge in [-0.15, -0.1) is 0 Å². The van der Waals surface area contributed by atoms with Gasteiger partial charge in [0.05, 0.1) is 25.4 Å². The van der Waals surface area contributed by atoms with Gasteiger partial charge in [-0.25, -0.2) is 0 Å². The zero-order valence-electron chi connectivity index (χ0n) is 13.7. The smallest absolute Gasteiger partial charge is 0.0900 e. The number of benzene rings is 1. The number of nitrogens with zero attached hydrogens (tertiary/aromatic N) is 1. The zero-order chi connectivity index (χ0) is 15.7. The molecule has 1 atom stereocenters. The Morgan fingerprint density at radius 1 is 1.24 bits per heavy atom. The average Bonchev–Trinajstić information content (AvgIpc) is 2.45. The summed E-state index contributed by atoms with van der Waals surface area (Å²) in [5.41, 5.74) is 2.55. The Morgan fingerprint density at radius 2 is 1.95 bits per heavy atom. The van der Waals surface area contributed by atoms with Crippen LogP contribution in [0.25, 0.3) is 0 Å². The standard InChI is InChI=1S/C17H29NO3/c1-14(2)21-13-17(19)12-18(9-10-20-4)11-16-8-6-5-7-15(16)3/h5-8,14,17,19H,9-13H2,1-4H3. The van der Waals surface area contributed by atoms with Gasteiger partial charge in [0.2, 0.25) is 0 Å². The highest BCUT2D eigenvalue weighted by atomic mass is 16.5. The molecular weight excluding hydrogens is 266 g/mol. The first-order valence-electron chi connectivity index (χ1n) is 7.58. The molecule has 0 aliphatic rings. The van der Waals surface area contributed by atoms with Crippen molar-refractivity contribution in [2.24, 2.45) is 0 Å². The molecule has 0 saturated carbocycles. The first kappa shape index (κ1) is 18.1. The third-order valence-electron chi connectivity index (χ3n) is 3.36. The van der Waals surface area contributed by atoms with Gasteiger partial charge in [-0.05, 0) is 31.9 Å². The van der Waals surface area contributed by atoms with Gasteiger partial charge >= 0.3 is 0 Å². The van der Waals surface area contributed by atoms with Crippen LogP contribution in [0.5, 0.6) is 0 Å². The molecule has 1 aromatic carbocycles. The van der Waals surface area contributed by atoms with E-state index < -0.39 is 6.10 Å². The molecule has 1 N–H and O–H groups in total. The topological polar surface area (TPSA) is 41.9 Å². The van der Waals surface area contributed by atoms with Gasteiger partial charge in [0.25, 0.3) is 0 Å². The maximum absolute atomic E-state index is 10.1. The second-order valence-electron chi connectivity index (χ2n) is 5.69. The number of aryl methyl sites for hydroxylation is 1. The van der Waals surface area contributed by atoms with Crippen molar-refractivity contribution in [3.63, 3.8) is 0 Å². The van der Waals surface area contributed by atoms with E-state index in [0.717, 1.165) is 13.1 Å². The van der Waals surface area contributed by atoms with E-state index in [2.05, 4.69) is 30.0 Å². The minimum absolute atomic E-state index is 0.142. The SMILES string of the molecule is COCCN(Cc1ccccc1C)CC(O)COC(C)C. The summed E-state index contributed by atoms with van der Waals surface area (Å²) in [6.45, 7) is 9.29. The van der Waals surface area contributed by atoms with Crippen LogP contribution in [0.2, 0.25) is 0 Å². The van der Waals surface area contributed by atoms with Crippen molar-refractivity contribution >= 4 is 0 Å². The molecule has 0 fully saturated rings. The summed E-state index contributed by atoms with van der Waals surface area (Å²) in [5, 5.41) is 10.1. The summed E-state index contributed by atoms with van der Waals surface area (Å²) in [7, 11) is 1.70. The number of hydrogen-bond donors (Lipinski definition) is 1. The van der Waals surface area contributed by atoms with E-state index in [0.29, 0.717) is 19.8 Å². The lowest BCUT2D eigenvalue weighted by molar-refractivity contribution is -0.0121. The average molecular weight is 295 g/mol. The van der Waals surface area contributed by atoms with Gasteiger partial charge in [-0.3, -0.25) is 4.90 Å². The number of methoxy groups -OCH3 is 1. The molecule has 0 heterocycles. The van der Waals surface area contributed by atoms with Crippen LogP contribution in [0, 0.1) is 6.92 Å². The van der Waals surface area contributed by atoms with Crippen molar-refractivity contribution in [2.75, 3.05) is 33.4 Å². The Morgan fingerprint density at radius 3 is 2.57 bits per heavy atom. The largest absolute Gasteiger partial charge is 0.389 e. The third-order valence-corrected chi connectivity index (χ3v) is 3.36. The molecule has 0 bridgehead atoms. The summed E-state index contributed by atoms with van der Waals surface area (Å²) < 4.78 is 10.6. The van der Waals surface area contributed by atoms with E-state index in [-0.39, 0.29) is 6.10 Å². The summed E-state index contributed by atoms with van der Waals surface area (Å²) in [6, 6.07) is 8.34. The van der Waals surface area contributed by atoms with Crippen LogP contribution in [-0.4, -0.2) is 55.6 Å². The van der Waals surface area contributed by atoms with Crippen molar-refractivity contribution < 1.29 is 14.6 Å². The summed E-state index contributed by atoms with van der Waals surface area (Å²) >= 11 is 0. The second-order valence-corrected chi connectivity index (χ2v) is 5.69. The number of ether oxygens (including phenoxy) is 2. The number of hydrogen-bond acceptors (Lipinski definition) is 4. The Labute approximate surface area is 128 Å². The Hall–Kier alpha value is -0.940. The molecule has 0 aliphatic carbocycles. The maximum Gasteiger partial charge on any atom is 0.0900 e. The quantitative estimate of drug-likeness (QED) is 0.719. The first-order valence-corrected chi connectivity index (χ1v) is 7.58. The van der Waals surface area contributed by atoms with Gasteiger partial charge in [0.1, 0.15) is 0 Å². The Kier molecular flexibility index (Phi) is 8.54. The normalized spacial score (nSPS) is 13.1. The molecule has 120 valence electrons. The van der Waals surface area contributed by atoms with E-state index in [1.807, 2.05) is 19.9 Å². The van der Waals surface area contributed by atoms with E-state index in [4.69, 9.17) is 9.47 Å². The highest BCUT2D eigenvalue weighted by Crippen LogP contribution is 2.11. The molecule has 0 spiro atoms. The van der Waals surface area contributed by atoms with Crippen LogP contribution >= 0.6 is 0 Å². The van der Waals surface area contributed by atoms with Gasteiger partial charge in [-0.2, -0.15) is 0 Å². The van der Waals surface area contributed by atoms with E-state index in [9.17, 15) is 5.11 Å². The van der Waals surface area contributed by atoms with Gasteiger partial charge < -0.3 is 14.6 Å². The monoisotopic (exact) mass is 295 g/mol. The van der Waals surface area contributed by atoms with Crippen LogP contribution in [0.3, 0.4) is 0 Å². The highest BCUT2D eigenvalue weighted by molar-refractivity contribution is 5.25. The zero-order valence-corrected chi connectivity index (χ0v) is 13.7. The van der Waals surface area contributed by atoms with Crippen molar-refractivity contribution in [3.8, 4) is 0 Å². The lowest BCUT2D eigenvalue weighted by Crippen LogP contribution is -2.37. The predicted molar refractivity (Wildman–Crippen MR) is 85.4 cm³/mol. The fourth-order valence-corrected chi connectivity index (χ4v) is 2.14. The van der Waals surface area contributed by atoms with Crippen molar-refractivity contribution in [3.05, 3.63) is 35.4 Å². The second kappa shape index (κ2) is 9.90. The van der Waals surface area contributed by atoms with Crippen LogP contribution < -0.4 is 0 Å².